The molecule has 1 aromatic rings. The second-order valence-electron chi connectivity index (χ2n) is 3.83. The first-order valence-electron chi connectivity index (χ1n) is 5.40. The van der Waals surface area contributed by atoms with Crippen LogP contribution < -0.4 is 10.6 Å². The largest absolute Gasteiger partial charge is 0.370 e. The third-order valence-corrected chi connectivity index (χ3v) is 3.99. The van der Waals surface area contributed by atoms with Crippen molar-refractivity contribution < 1.29 is 0 Å². The van der Waals surface area contributed by atoms with Crippen LogP contribution in [0.4, 0.5) is 5.69 Å². The minimum atomic E-state index is 0.532. The summed E-state index contributed by atoms with van der Waals surface area (Å²) >= 11 is 1.95. The molecule has 2 rings (SSSR count). The van der Waals surface area contributed by atoms with Gasteiger partial charge < -0.3 is 10.6 Å². The zero-order valence-corrected chi connectivity index (χ0v) is 9.91. The molecule has 4 heteroatoms. The highest BCUT2D eigenvalue weighted by Gasteiger charge is 2.19. The van der Waals surface area contributed by atoms with Crippen LogP contribution in [0.5, 0.6) is 0 Å². The molecule has 1 aliphatic rings. The van der Waals surface area contributed by atoms with Gasteiger partial charge in [-0.25, -0.2) is 0 Å². The van der Waals surface area contributed by atoms with Crippen LogP contribution in [-0.2, 0) is 0 Å². The highest BCUT2D eigenvalue weighted by Crippen LogP contribution is 2.23. The average molecular weight is 233 g/mol. The minimum absolute atomic E-state index is 0.532. The van der Waals surface area contributed by atoms with Crippen molar-refractivity contribution in [2.45, 2.75) is 5.25 Å². The monoisotopic (exact) mass is 233 g/mol. The molecule has 1 saturated heterocycles. The standard InChI is InChI=1S/C12H15N3S/c13-7-10-1-3-11(4-2-10)15-5-6-16-12(8-14)9-15/h1-4,12H,5-6,8-9,14H2. The van der Waals surface area contributed by atoms with Gasteiger partial charge in [0, 0.05) is 36.3 Å². The van der Waals surface area contributed by atoms with Gasteiger partial charge in [0.05, 0.1) is 11.6 Å². The first-order chi connectivity index (χ1) is 7.83. The van der Waals surface area contributed by atoms with Crippen LogP contribution in [0.15, 0.2) is 24.3 Å². The van der Waals surface area contributed by atoms with Gasteiger partial charge in [-0.05, 0) is 24.3 Å². The molecule has 3 nitrogen and oxygen atoms in total. The van der Waals surface area contributed by atoms with E-state index < -0.39 is 0 Å². The number of hydrogen-bond acceptors (Lipinski definition) is 4. The Bertz CT molecular complexity index is 382. The van der Waals surface area contributed by atoms with E-state index in [0.717, 1.165) is 25.4 Å². The summed E-state index contributed by atoms with van der Waals surface area (Å²) in [6.07, 6.45) is 0. The molecule has 1 heterocycles. The zero-order valence-electron chi connectivity index (χ0n) is 9.10. The highest BCUT2D eigenvalue weighted by molar-refractivity contribution is 8.00. The summed E-state index contributed by atoms with van der Waals surface area (Å²) in [4.78, 5) is 2.34. The van der Waals surface area contributed by atoms with Gasteiger partial charge in [0.1, 0.15) is 0 Å². The van der Waals surface area contributed by atoms with E-state index in [1.165, 1.54) is 5.69 Å². The van der Waals surface area contributed by atoms with Crippen molar-refractivity contribution in [1.29, 1.82) is 5.26 Å². The Morgan fingerprint density at radius 2 is 2.19 bits per heavy atom. The van der Waals surface area contributed by atoms with Gasteiger partial charge in [0.15, 0.2) is 0 Å². The second-order valence-corrected chi connectivity index (χ2v) is 5.24. The first kappa shape index (κ1) is 11.3. The van der Waals surface area contributed by atoms with Crippen molar-refractivity contribution in [3.05, 3.63) is 29.8 Å². The number of nitrogens with zero attached hydrogens (tertiary/aromatic N) is 2. The van der Waals surface area contributed by atoms with Crippen molar-refractivity contribution in [2.24, 2.45) is 5.73 Å². The molecule has 0 spiro atoms. The Morgan fingerprint density at radius 1 is 1.44 bits per heavy atom. The van der Waals surface area contributed by atoms with Crippen LogP contribution in [-0.4, -0.2) is 30.6 Å². The van der Waals surface area contributed by atoms with Gasteiger partial charge in [-0.15, -0.1) is 0 Å². The topological polar surface area (TPSA) is 53.0 Å². The molecule has 0 radical (unpaired) electrons. The summed E-state index contributed by atoms with van der Waals surface area (Å²) in [5.41, 5.74) is 7.60. The number of benzene rings is 1. The van der Waals surface area contributed by atoms with E-state index in [2.05, 4.69) is 11.0 Å². The molecular weight excluding hydrogens is 218 g/mol. The predicted octanol–water partition coefficient (Wildman–Crippen LogP) is 1.44. The third-order valence-electron chi connectivity index (χ3n) is 2.76. The van der Waals surface area contributed by atoms with Crippen LogP contribution in [0.1, 0.15) is 5.56 Å². The van der Waals surface area contributed by atoms with Gasteiger partial charge in [0.2, 0.25) is 0 Å². The predicted molar refractivity (Wildman–Crippen MR) is 68.7 cm³/mol. The van der Waals surface area contributed by atoms with Gasteiger partial charge in [-0.3, -0.25) is 0 Å². The quantitative estimate of drug-likeness (QED) is 0.840. The molecular formula is C12H15N3S. The molecule has 0 aliphatic carbocycles. The number of rotatable bonds is 2. The van der Waals surface area contributed by atoms with Crippen molar-refractivity contribution in [1.82, 2.24) is 0 Å². The molecule has 1 fully saturated rings. The fraction of sp³-hybridized carbons (Fsp3) is 0.417. The van der Waals surface area contributed by atoms with Crippen molar-refractivity contribution in [2.75, 3.05) is 30.3 Å². The van der Waals surface area contributed by atoms with Crippen molar-refractivity contribution in [3.8, 4) is 6.07 Å². The molecule has 1 unspecified atom stereocenters. The molecule has 16 heavy (non-hydrogen) atoms. The lowest BCUT2D eigenvalue weighted by Gasteiger charge is -2.33. The maximum absolute atomic E-state index is 8.74. The number of nitrogens with two attached hydrogens (primary N) is 1. The lowest BCUT2D eigenvalue weighted by molar-refractivity contribution is 0.749. The second kappa shape index (κ2) is 5.24. The van der Waals surface area contributed by atoms with Gasteiger partial charge in [-0.1, -0.05) is 0 Å². The number of thioether (sulfide) groups is 1. The summed E-state index contributed by atoms with van der Waals surface area (Å²) in [5, 5.41) is 9.27. The SMILES string of the molecule is N#Cc1ccc(N2CCSC(CN)C2)cc1. The fourth-order valence-corrected chi connectivity index (χ4v) is 2.92. The van der Waals surface area contributed by atoms with Gasteiger partial charge >= 0.3 is 0 Å². The van der Waals surface area contributed by atoms with Crippen molar-refractivity contribution >= 4 is 17.4 Å². The normalized spacial score (nSPS) is 20.5. The minimum Gasteiger partial charge on any atom is -0.370 e. The van der Waals surface area contributed by atoms with Crippen LogP contribution >= 0.6 is 11.8 Å². The summed E-state index contributed by atoms with van der Waals surface area (Å²) in [5.74, 6) is 1.13. The maximum atomic E-state index is 8.74. The molecule has 1 atom stereocenters. The molecule has 0 bridgehead atoms. The Morgan fingerprint density at radius 3 is 2.81 bits per heavy atom. The third kappa shape index (κ3) is 2.49. The number of anilines is 1. The summed E-state index contributed by atoms with van der Waals surface area (Å²) in [6, 6.07) is 9.91. The van der Waals surface area contributed by atoms with E-state index in [4.69, 9.17) is 11.0 Å². The molecule has 2 N–H and O–H groups in total. The molecule has 0 aromatic heterocycles. The van der Waals surface area contributed by atoms with E-state index in [1.54, 1.807) is 0 Å². The zero-order chi connectivity index (χ0) is 11.4. The number of hydrogen-bond donors (Lipinski definition) is 1. The molecule has 1 aromatic carbocycles. The Kier molecular flexibility index (Phi) is 3.70. The highest BCUT2D eigenvalue weighted by atomic mass is 32.2. The van der Waals surface area contributed by atoms with Crippen molar-refractivity contribution in [3.63, 3.8) is 0 Å². The number of nitriles is 1. The molecule has 0 amide bonds. The van der Waals surface area contributed by atoms with E-state index in [-0.39, 0.29) is 0 Å². The lowest BCUT2D eigenvalue weighted by Crippen LogP contribution is -2.40. The van der Waals surface area contributed by atoms with Crippen LogP contribution in [0, 0.1) is 11.3 Å². The summed E-state index contributed by atoms with van der Waals surface area (Å²) in [6.45, 7) is 2.80. The van der Waals surface area contributed by atoms with Gasteiger partial charge in [0.25, 0.3) is 0 Å². The van der Waals surface area contributed by atoms with E-state index in [0.29, 0.717) is 10.8 Å². The first-order valence-corrected chi connectivity index (χ1v) is 6.45. The fourth-order valence-electron chi connectivity index (χ4n) is 1.84. The summed E-state index contributed by atoms with van der Waals surface area (Å²) in [7, 11) is 0. The van der Waals surface area contributed by atoms with Gasteiger partial charge in [-0.2, -0.15) is 17.0 Å². The molecule has 0 saturated carbocycles. The van der Waals surface area contributed by atoms with E-state index >= 15 is 0 Å². The smallest absolute Gasteiger partial charge is 0.0991 e. The maximum Gasteiger partial charge on any atom is 0.0991 e. The summed E-state index contributed by atoms with van der Waals surface area (Å²) < 4.78 is 0. The Labute approximate surface area is 100 Å². The van der Waals surface area contributed by atoms with Crippen LogP contribution in [0.2, 0.25) is 0 Å². The van der Waals surface area contributed by atoms with E-state index in [1.807, 2.05) is 36.0 Å². The van der Waals surface area contributed by atoms with Crippen LogP contribution in [0.25, 0.3) is 0 Å². The Balaban J connectivity index is 2.08. The Hall–Kier alpha value is -1.18. The molecule has 84 valence electrons. The molecule has 1 aliphatic heterocycles. The van der Waals surface area contributed by atoms with E-state index in [9.17, 15) is 0 Å². The average Bonchev–Trinajstić information content (AvgIpc) is 2.39. The van der Waals surface area contributed by atoms with Crippen LogP contribution in [0.3, 0.4) is 0 Å². The lowest BCUT2D eigenvalue weighted by atomic mass is 10.2.